The van der Waals surface area contributed by atoms with Crippen LogP contribution in [0.4, 0.5) is 0 Å². The monoisotopic (exact) mass is 111 g/mol. The van der Waals surface area contributed by atoms with Crippen molar-refractivity contribution >= 4 is 5.97 Å². The minimum atomic E-state index is -1.07. The molecular formula is C3H6NNaO2. The Balaban J connectivity index is 0. The summed E-state index contributed by atoms with van der Waals surface area (Å²) >= 11 is 0. The van der Waals surface area contributed by atoms with E-state index in [1.165, 1.54) is 0 Å². The molecule has 0 aromatic rings. The summed E-state index contributed by atoms with van der Waals surface area (Å²) in [6.45, 7) is -0.0694. The van der Waals surface area contributed by atoms with Crippen LogP contribution in [0.25, 0.3) is 0 Å². The van der Waals surface area contributed by atoms with E-state index in [1.807, 2.05) is 0 Å². The first-order valence-corrected chi connectivity index (χ1v) is 1.62. The molecule has 0 saturated carbocycles. The van der Waals surface area contributed by atoms with Crippen LogP contribution in [0.15, 0.2) is 0 Å². The summed E-state index contributed by atoms with van der Waals surface area (Å²) in [5.74, 6) is -1.07. The third kappa shape index (κ3) is 10.7. The van der Waals surface area contributed by atoms with Gasteiger partial charge in [0.1, 0.15) is 0 Å². The number of likely N-dealkylation sites (N-methyl/N-ethyl adjacent to an activating group) is 1. The molecular weight excluding hydrogens is 105 g/mol. The van der Waals surface area contributed by atoms with Gasteiger partial charge in [-0.15, -0.1) is 0 Å². The molecule has 0 aliphatic carbocycles. The second-order valence-corrected chi connectivity index (χ2v) is 0.902. The number of hydrogen-bond acceptors (Lipinski definition) is 3. The van der Waals surface area contributed by atoms with Crippen LogP contribution >= 0.6 is 0 Å². The van der Waals surface area contributed by atoms with E-state index in [9.17, 15) is 9.90 Å². The van der Waals surface area contributed by atoms with Gasteiger partial charge in [-0.1, -0.05) is 0 Å². The SMILES string of the molecule is CNCC(=O)[O-].[Na+]. The van der Waals surface area contributed by atoms with Crippen molar-refractivity contribution in [2.45, 2.75) is 0 Å². The molecule has 0 spiro atoms. The number of rotatable bonds is 2. The first-order valence-electron chi connectivity index (χ1n) is 1.62. The summed E-state index contributed by atoms with van der Waals surface area (Å²) < 4.78 is 0. The Kier molecular flexibility index (Phi) is 9.57. The largest absolute Gasteiger partial charge is 1.00 e. The van der Waals surface area contributed by atoms with Crippen molar-refractivity contribution in [2.75, 3.05) is 13.6 Å². The average molecular weight is 111 g/mol. The van der Waals surface area contributed by atoms with Crippen molar-refractivity contribution in [3.05, 3.63) is 0 Å². The predicted molar refractivity (Wildman–Crippen MR) is 18.9 cm³/mol. The number of carbonyl (C=O) groups excluding carboxylic acids is 1. The van der Waals surface area contributed by atoms with Crippen molar-refractivity contribution in [2.24, 2.45) is 0 Å². The standard InChI is InChI=1S/C3H7NO2.Na/c1-4-2-3(5)6;/h4H,2H2,1H3,(H,5,6);/q;+1/p-1. The average Bonchev–Trinajstić information content (AvgIpc) is 1.35. The quantitative estimate of drug-likeness (QED) is 0.363. The second-order valence-electron chi connectivity index (χ2n) is 0.902. The molecule has 36 valence electrons. The van der Waals surface area contributed by atoms with Crippen LogP contribution in [0.2, 0.25) is 0 Å². The molecule has 0 atom stereocenters. The third-order valence-corrected chi connectivity index (χ3v) is 0.321. The van der Waals surface area contributed by atoms with E-state index < -0.39 is 5.97 Å². The molecule has 0 aliphatic rings. The van der Waals surface area contributed by atoms with Gasteiger partial charge in [-0.05, 0) is 7.05 Å². The van der Waals surface area contributed by atoms with Crippen molar-refractivity contribution in [1.29, 1.82) is 0 Å². The van der Waals surface area contributed by atoms with Crippen LogP contribution in [0.5, 0.6) is 0 Å². The Labute approximate surface area is 64.4 Å². The topological polar surface area (TPSA) is 52.2 Å². The number of carboxylic acid groups (broad SMARTS) is 1. The van der Waals surface area contributed by atoms with Crippen LogP contribution in [-0.2, 0) is 4.79 Å². The molecule has 0 fully saturated rings. The molecule has 1 N–H and O–H groups in total. The summed E-state index contributed by atoms with van der Waals surface area (Å²) in [4.78, 5) is 9.43. The van der Waals surface area contributed by atoms with Gasteiger partial charge in [0.05, 0.1) is 5.97 Å². The van der Waals surface area contributed by atoms with Crippen molar-refractivity contribution < 1.29 is 39.5 Å². The maximum absolute atomic E-state index is 9.43. The minimum absolute atomic E-state index is 0. The van der Waals surface area contributed by atoms with Gasteiger partial charge in [-0.3, -0.25) is 0 Å². The molecule has 7 heavy (non-hydrogen) atoms. The third-order valence-electron chi connectivity index (χ3n) is 0.321. The van der Waals surface area contributed by atoms with Crippen LogP contribution in [0.3, 0.4) is 0 Å². The maximum atomic E-state index is 9.43. The van der Waals surface area contributed by atoms with Crippen LogP contribution in [-0.4, -0.2) is 19.6 Å². The van der Waals surface area contributed by atoms with E-state index in [-0.39, 0.29) is 36.1 Å². The first-order chi connectivity index (χ1) is 2.77. The van der Waals surface area contributed by atoms with Crippen LogP contribution in [0.1, 0.15) is 0 Å². The van der Waals surface area contributed by atoms with Crippen molar-refractivity contribution in [3.63, 3.8) is 0 Å². The normalized spacial score (nSPS) is 7.00. The first kappa shape index (κ1) is 10.4. The Morgan fingerprint density at radius 2 is 2.29 bits per heavy atom. The molecule has 0 saturated heterocycles. The Morgan fingerprint density at radius 3 is 2.29 bits per heavy atom. The zero-order valence-electron chi connectivity index (χ0n) is 4.52. The molecule has 4 heteroatoms. The van der Waals surface area contributed by atoms with E-state index in [2.05, 4.69) is 5.32 Å². The predicted octanol–water partition coefficient (Wildman–Crippen LogP) is -5.04. The number of carbonyl (C=O) groups is 1. The number of nitrogens with one attached hydrogen (secondary N) is 1. The molecule has 0 aromatic carbocycles. The Morgan fingerprint density at radius 1 is 1.86 bits per heavy atom. The molecule has 0 aliphatic heterocycles. The van der Waals surface area contributed by atoms with Gasteiger partial charge in [0.15, 0.2) is 0 Å². The van der Waals surface area contributed by atoms with Crippen molar-refractivity contribution in [1.82, 2.24) is 5.32 Å². The van der Waals surface area contributed by atoms with Crippen LogP contribution < -0.4 is 40.0 Å². The minimum Gasteiger partial charge on any atom is -0.549 e. The molecule has 0 radical (unpaired) electrons. The van der Waals surface area contributed by atoms with Gasteiger partial charge in [-0.25, -0.2) is 0 Å². The van der Waals surface area contributed by atoms with Gasteiger partial charge in [0.2, 0.25) is 0 Å². The van der Waals surface area contributed by atoms with E-state index in [0.29, 0.717) is 0 Å². The number of hydrogen-bond donors (Lipinski definition) is 1. The zero-order chi connectivity index (χ0) is 4.99. The van der Waals surface area contributed by atoms with Gasteiger partial charge < -0.3 is 15.2 Å². The van der Waals surface area contributed by atoms with Crippen LogP contribution in [0, 0.1) is 0 Å². The summed E-state index contributed by atoms with van der Waals surface area (Å²) in [6.07, 6.45) is 0. The van der Waals surface area contributed by atoms with Gasteiger partial charge in [0.25, 0.3) is 0 Å². The fraction of sp³-hybridized carbons (Fsp3) is 0.667. The fourth-order valence-corrected chi connectivity index (χ4v) is 0.144. The Bertz CT molecular complexity index is 56.9. The van der Waals surface area contributed by atoms with Gasteiger partial charge in [-0.2, -0.15) is 0 Å². The summed E-state index contributed by atoms with van der Waals surface area (Å²) in [6, 6.07) is 0. The molecule has 0 aromatic heterocycles. The number of aliphatic carboxylic acids is 1. The van der Waals surface area contributed by atoms with Gasteiger partial charge in [0, 0.05) is 6.54 Å². The second kappa shape index (κ2) is 6.43. The van der Waals surface area contributed by atoms with E-state index in [4.69, 9.17) is 0 Å². The van der Waals surface area contributed by atoms with Crippen molar-refractivity contribution in [3.8, 4) is 0 Å². The maximum Gasteiger partial charge on any atom is 1.00 e. The zero-order valence-corrected chi connectivity index (χ0v) is 6.52. The van der Waals surface area contributed by atoms with E-state index >= 15 is 0 Å². The van der Waals surface area contributed by atoms with E-state index in [1.54, 1.807) is 7.05 Å². The summed E-state index contributed by atoms with van der Waals surface area (Å²) in [7, 11) is 1.55. The fourth-order valence-electron chi connectivity index (χ4n) is 0.144. The molecule has 0 amide bonds. The van der Waals surface area contributed by atoms with E-state index in [0.717, 1.165) is 0 Å². The smallest absolute Gasteiger partial charge is 0.549 e. The molecule has 0 rings (SSSR count). The molecule has 0 unspecified atom stereocenters. The molecule has 3 nitrogen and oxygen atoms in total. The summed E-state index contributed by atoms with van der Waals surface area (Å²) in [5, 5.41) is 11.8. The Hall–Kier alpha value is 0.430. The van der Waals surface area contributed by atoms with Gasteiger partial charge >= 0.3 is 29.6 Å². The molecule has 0 bridgehead atoms. The number of carboxylic acids is 1. The molecule has 0 heterocycles. The summed E-state index contributed by atoms with van der Waals surface area (Å²) in [5.41, 5.74) is 0.